The van der Waals surface area contributed by atoms with Crippen molar-refractivity contribution in [2.45, 2.75) is 25.4 Å². The van der Waals surface area contributed by atoms with Crippen LogP contribution in [-0.2, 0) is 0 Å². The number of rotatable bonds is 4. The molecule has 1 heterocycles. The number of halogens is 1. The van der Waals surface area contributed by atoms with Crippen molar-refractivity contribution in [1.29, 1.82) is 0 Å². The van der Waals surface area contributed by atoms with Crippen molar-refractivity contribution < 1.29 is 14.3 Å². The zero-order chi connectivity index (χ0) is 16.2. The van der Waals surface area contributed by atoms with Crippen molar-refractivity contribution in [3.05, 3.63) is 42.5 Å². The van der Waals surface area contributed by atoms with Gasteiger partial charge < -0.3 is 15.7 Å². The minimum atomic E-state index is -0.435. The van der Waals surface area contributed by atoms with Gasteiger partial charge in [-0.25, -0.2) is 13.9 Å². The smallest absolute Gasteiger partial charge is 0.319 e. The van der Waals surface area contributed by atoms with Gasteiger partial charge in [0.1, 0.15) is 5.82 Å². The lowest BCUT2D eigenvalue weighted by Gasteiger charge is -2.14. The van der Waals surface area contributed by atoms with Gasteiger partial charge in [-0.2, -0.15) is 5.10 Å². The lowest BCUT2D eigenvalue weighted by Crippen LogP contribution is -2.33. The van der Waals surface area contributed by atoms with Crippen LogP contribution in [0, 0.1) is 11.7 Å². The Morgan fingerprint density at radius 2 is 2.30 bits per heavy atom. The molecule has 1 aromatic heterocycles. The molecule has 6 nitrogen and oxygen atoms in total. The van der Waals surface area contributed by atoms with Gasteiger partial charge in [-0.1, -0.05) is 0 Å². The zero-order valence-corrected chi connectivity index (χ0v) is 12.6. The molecule has 122 valence electrons. The molecule has 2 unspecified atom stereocenters. The average molecular weight is 318 g/mol. The molecule has 0 saturated heterocycles. The molecule has 2 atom stereocenters. The van der Waals surface area contributed by atoms with Gasteiger partial charge in [0.2, 0.25) is 0 Å². The SMILES string of the molecule is O=C(NCC1CCC(O)C1)Nc1cc(F)ccc1-n1cccn1. The van der Waals surface area contributed by atoms with E-state index in [9.17, 15) is 14.3 Å². The second-order valence-corrected chi connectivity index (χ2v) is 5.78. The summed E-state index contributed by atoms with van der Waals surface area (Å²) in [6.45, 7) is 0.495. The largest absolute Gasteiger partial charge is 0.393 e. The van der Waals surface area contributed by atoms with Gasteiger partial charge in [-0.3, -0.25) is 0 Å². The third kappa shape index (κ3) is 3.87. The Morgan fingerprint density at radius 3 is 3.00 bits per heavy atom. The molecule has 1 aliphatic carbocycles. The number of nitrogens with zero attached hydrogens (tertiary/aromatic N) is 2. The van der Waals surface area contributed by atoms with Crippen LogP contribution in [0.25, 0.3) is 5.69 Å². The molecule has 3 N–H and O–H groups in total. The number of amides is 2. The maximum atomic E-state index is 13.5. The van der Waals surface area contributed by atoms with E-state index in [1.54, 1.807) is 29.2 Å². The van der Waals surface area contributed by atoms with Crippen molar-refractivity contribution in [1.82, 2.24) is 15.1 Å². The molecule has 1 aliphatic rings. The highest BCUT2D eigenvalue weighted by molar-refractivity contribution is 5.91. The van der Waals surface area contributed by atoms with Crippen molar-refractivity contribution in [3.63, 3.8) is 0 Å². The van der Waals surface area contributed by atoms with E-state index >= 15 is 0 Å². The summed E-state index contributed by atoms with van der Waals surface area (Å²) in [4.78, 5) is 12.0. The van der Waals surface area contributed by atoms with Crippen LogP contribution in [0.15, 0.2) is 36.7 Å². The van der Waals surface area contributed by atoms with E-state index in [1.165, 1.54) is 12.1 Å². The number of hydrogen-bond donors (Lipinski definition) is 3. The van der Waals surface area contributed by atoms with Crippen LogP contribution in [0.1, 0.15) is 19.3 Å². The van der Waals surface area contributed by atoms with Crippen molar-refractivity contribution >= 4 is 11.7 Å². The van der Waals surface area contributed by atoms with E-state index < -0.39 is 11.8 Å². The Balaban J connectivity index is 1.65. The van der Waals surface area contributed by atoms with Gasteiger partial charge in [0.05, 0.1) is 17.5 Å². The third-order valence-corrected chi connectivity index (χ3v) is 4.02. The molecule has 1 fully saturated rings. The van der Waals surface area contributed by atoms with Crippen molar-refractivity contribution in [3.8, 4) is 5.69 Å². The normalized spacial score (nSPS) is 20.4. The van der Waals surface area contributed by atoms with Crippen molar-refractivity contribution in [2.75, 3.05) is 11.9 Å². The molecule has 0 bridgehead atoms. The van der Waals surface area contributed by atoms with Crippen LogP contribution in [0.2, 0.25) is 0 Å². The summed E-state index contributed by atoms with van der Waals surface area (Å²) in [6.07, 6.45) is 5.45. The minimum absolute atomic E-state index is 0.264. The first-order valence-corrected chi connectivity index (χ1v) is 7.64. The summed E-state index contributed by atoms with van der Waals surface area (Å²) < 4.78 is 15.0. The highest BCUT2D eigenvalue weighted by Gasteiger charge is 2.23. The van der Waals surface area contributed by atoms with E-state index in [0.717, 1.165) is 12.8 Å². The highest BCUT2D eigenvalue weighted by Crippen LogP contribution is 2.25. The Morgan fingerprint density at radius 1 is 1.43 bits per heavy atom. The molecule has 0 radical (unpaired) electrons. The van der Waals surface area contributed by atoms with Gasteiger partial charge in [0.15, 0.2) is 0 Å². The molecule has 2 aromatic rings. The van der Waals surface area contributed by atoms with Crippen LogP contribution < -0.4 is 10.6 Å². The Kier molecular flexibility index (Phi) is 4.57. The predicted octanol–water partition coefficient (Wildman–Crippen LogP) is 2.29. The van der Waals surface area contributed by atoms with E-state index in [1.807, 2.05) is 0 Å². The number of nitrogens with one attached hydrogen (secondary N) is 2. The first-order chi connectivity index (χ1) is 11.1. The van der Waals surface area contributed by atoms with Crippen LogP contribution in [0.3, 0.4) is 0 Å². The summed E-state index contributed by atoms with van der Waals surface area (Å²) in [5.74, 6) is -0.149. The summed E-state index contributed by atoms with van der Waals surface area (Å²) in [5.41, 5.74) is 0.931. The maximum absolute atomic E-state index is 13.5. The molecule has 1 aromatic carbocycles. The number of hydrogen-bond acceptors (Lipinski definition) is 3. The standard InChI is InChI=1S/C16H19FN4O2/c17-12-3-5-15(21-7-1-6-19-21)14(9-12)20-16(23)18-10-11-2-4-13(22)8-11/h1,3,5-7,9,11,13,22H,2,4,8,10H2,(H2,18,20,23). The predicted molar refractivity (Wildman–Crippen MR) is 83.9 cm³/mol. The number of urea groups is 1. The van der Waals surface area contributed by atoms with Crippen LogP contribution in [0.5, 0.6) is 0 Å². The van der Waals surface area contributed by atoms with Crippen molar-refractivity contribution in [2.24, 2.45) is 5.92 Å². The van der Waals surface area contributed by atoms with Gasteiger partial charge in [0, 0.05) is 18.9 Å². The fourth-order valence-electron chi connectivity index (χ4n) is 2.86. The Bertz CT molecular complexity index is 675. The van der Waals surface area contributed by atoms with Gasteiger partial charge >= 0.3 is 6.03 Å². The summed E-state index contributed by atoms with van der Waals surface area (Å²) in [5, 5.41) is 19.0. The molecule has 0 spiro atoms. The van der Waals surface area contributed by atoms with E-state index in [-0.39, 0.29) is 12.0 Å². The van der Waals surface area contributed by atoms with E-state index in [2.05, 4.69) is 15.7 Å². The number of carbonyl (C=O) groups excluding carboxylic acids is 1. The van der Waals surface area contributed by atoms with Crippen LogP contribution in [-0.4, -0.2) is 33.6 Å². The minimum Gasteiger partial charge on any atom is -0.393 e. The number of aromatic nitrogens is 2. The lowest BCUT2D eigenvalue weighted by atomic mass is 10.1. The fraction of sp³-hybridized carbons (Fsp3) is 0.375. The van der Waals surface area contributed by atoms with Gasteiger partial charge in [-0.05, 0) is 49.4 Å². The summed E-state index contributed by atoms with van der Waals surface area (Å²) in [6, 6.07) is 5.49. The molecule has 1 saturated carbocycles. The maximum Gasteiger partial charge on any atom is 0.319 e. The van der Waals surface area contributed by atoms with Crippen LogP contribution in [0.4, 0.5) is 14.9 Å². The molecule has 23 heavy (non-hydrogen) atoms. The summed E-state index contributed by atoms with van der Waals surface area (Å²) in [7, 11) is 0. The molecule has 2 amide bonds. The molecule has 7 heteroatoms. The van der Waals surface area contributed by atoms with Crippen LogP contribution >= 0.6 is 0 Å². The first-order valence-electron chi connectivity index (χ1n) is 7.64. The molecular weight excluding hydrogens is 299 g/mol. The zero-order valence-electron chi connectivity index (χ0n) is 12.6. The Hall–Kier alpha value is -2.41. The lowest BCUT2D eigenvalue weighted by molar-refractivity contribution is 0.177. The Labute approximate surface area is 133 Å². The van der Waals surface area contributed by atoms with Gasteiger partial charge in [0.25, 0.3) is 0 Å². The molecule has 0 aliphatic heterocycles. The number of aliphatic hydroxyl groups excluding tert-OH is 1. The number of benzene rings is 1. The monoisotopic (exact) mass is 318 g/mol. The number of anilines is 1. The fourth-order valence-corrected chi connectivity index (χ4v) is 2.86. The van der Waals surface area contributed by atoms with E-state index in [4.69, 9.17) is 0 Å². The second kappa shape index (κ2) is 6.78. The number of aliphatic hydroxyl groups is 1. The van der Waals surface area contributed by atoms with Gasteiger partial charge in [-0.15, -0.1) is 0 Å². The second-order valence-electron chi connectivity index (χ2n) is 5.78. The van der Waals surface area contributed by atoms with E-state index in [0.29, 0.717) is 24.3 Å². The third-order valence-electron chi connectivity index (χ3n) is 4.02. The quantitative estimate of drug-likeness (QED) is 0.809. The first kappa shape index (κ1) is 15.5. The topological polar surface area (TPSA) is 79.2 Å². The molecular formula is C16H19FN4O2. The molecule has 3 rings (SSSR count). The summed E-state index contributed by atoms with van der Waals surface area (Å²) >= 11 is 0. The average Bonchev–Trinajstić information content (AvgIpc) is 3.17. The number of carbonyl (C=O) groups is 1. The highest BCUT2D eigenvalue weighted by atomic mass is 19.1.